The van der Waals surface area contributed by atoms with E-state index in [0.717, 1.165) is 16.1 Å². The molecule has 0 spiro atoms. The number of aryl methyl sites for hydroxylation is 1. The zero-order chi connectivity index (χ0) is 13.0. The van der Waals surface area contributed by atoms with Crippen LogP contribution in [0.2, 0.25) is 0 Å². The summed E-state index contributed by atoms with van der Waals surface area (Å²) in [5, 5.41) is 1.53. The second kappa shape index (κ2) is 6.45. The molecule has 0 amide bonds. The fourth-order valence-electron chi connectivity index (χ4n) is 1.37. The van der Waals surface area contributed by atoms with Crippen molar-refractivity contribution in [2.24, 2.45) is 0 Å². The molecule has 0 N–H and O–H groups in total. The monoisotopic (exact) mass is 295 g/mol. The van der Waals surface area contributed by atoms with E-state index in [1.165, 1.54) is 21.6 Å². The third kappa shape index (κ3) is 3.40. The molecule has 0 aliphatic carbocycles. The van der Waals surface area contributed by atoms with Gasteiger partial charge in [-0.25, -0.2) is 9.97 Å². The summed E-state index contributed by atoms with van der Waals surface area (Å²) < 4.78 is 0. The summed E-state index contributed by atoms with van der Waals surface area (Å²) in [4.78, 5) is 15.5. The third-order valence-electron chi connectivity index (χ3n) is 2.16. The lowest BCUT2D eigenvalue weighted by Gasteiger charge is -2.06. The van der Waals surface area contributed by atoms with E-state index >= 15 is 0 Å². The van der Waals surface area contributed by atoms with Gasteiger partial charge in [-0.15, -0.1) is 11.8 Å². The first-order chi connectivity index (χ1) is 8.72. The highest BCUT2D eigenvalue weighted by Gasteiger charge is 2.08. The number of rotatable bonds is 4. The summed E-state index contributed by atoms with van der Waals surface area (Å²) in [7, 11) is 0. The molecule has 0 saturated carbocycles. The Labute approximate surface area is 120 Å². The van der Waals surface area contributed by atoms with Gasteiger partial charge >= 0.3 is 0 Å². The van der Waals surface area contributed by atoms with Crippen molar-refractivity contribution in [3.63, 3.8) is 0 Å². The van der Waals surface area contributed by atoms with Crippen LogP contribution in [-0.4, -0.2) is 27.5 Å². The van der Waals surface area contributed by atoms with Crippen LogP contribution in [0.25, 0.3) is 0 Å². The number of aromatic nitrogens is 3. The Morgan fingerprint density at radius 1 is 0.833 bits per heavy atom. The zero-order valence-corrected chi connectivity index (χ0v) is 12.8. The van der Waals surface area contributed by atoms with E-state index in [1.807, 2.05) is 25.3 Å². The normalized spacial score (nSPS) is 10.6. The molecule has 2 rings (SSSR count). The molecule has 1 aromatic carbocycles. The molecule has 3 nitrogen and oxygen atoms in total. The van der Waals surface area contributed by atoms with Gasteiger partial charge in [-0.1, -0.05) is 23.9 Å². The molecule has 0 radical (unpaired) electrons. The maximum atomic E-state index is 4.42. The van der Waals surface area contributed by atoms with Crippen molar-refractivity contribution in [3.8, 4) is 0 Å². The predicted molar refractivity (Wildman–Crippen MR) is 78.7 cm³/mol. The third-order valence-corrected chi connectivity index (χ3v) is 4.57. The van der Waals surface area contributed by atoms with Gasteiger partial charge in [0, 0.05) is 9.79 Å². The van der Waals surface area contributed by atoms with E-state index in [-0.39, 0.29) is 0 Å². The lowest BCUT2D eigenvalue weighted by Crippen LogP contribution is -1.96. The Kier molecular flexibility index (Phi) is 4.91. The molecule has 0 aliphatic heterocycles. The maximum Gasteiger partial charge on any atom is 0.196 e. The lowest BCUT2D eigenvalue weighted by molar-refractivity contribution is 0.767. The Morgan fingerprint density at radius 3 is 2.17 bits per heavy atom. The number of hydrogen-bond acceptors (Lipinski definition) is 6. The number of benzene rings is 1. The second-order valence-electron chi connectivity index (χ2n) is 3.40. The molecule has 0 fully saturated rings. The highest BCUT2D eigenvalue weighted by Crippen LogP contribution is 2.33. The molecule has 0 unspecified atom stereocenters. The summed E-state index contributed by atoms with van der Waals surface area (Å²) >= 11 is 4.85. The molecular weight excluding hydrogens is 282 g/mol. The molecule has 18 heavy (non-hydrogen) atoms. The molecule has 0 aliphatic rings. The van der Waals surface area contributed by atoms with Crippen molar-refractivity contribution >= 4 is 35.3 Å². The number of thioether (sulfide) groups is 2. The van der Waals surface area contributed by atoms with E-state index in [2.05, 4.69) is 33.3 Å². The molecule has 1 aromatic heterocycles. The van der Waals surface area contributed by atoms with Crippen molar-refractivity contribution in [2.75, 3.05) is 12.5 Å². The van der Waals surface area contributed by atoms with Gasteiger partial charge in [-0.3, -0.25) is 0 Å². The van der Waals surface area contributed by atoms with E-state index < -0.39 is 0 Å². The first-order valence-corrected chi connectivity index (χ1v) is 8.57. The average Bonchev–Trinajstić information content (AvgIpc) is 2.38. The minimum absolute atomic E-state index is 0.758. The van der Waals surface area contributed by atoms with Gasteiger partial charge < -0.3 is 0 Å². The molecule has 0 atom stereocenters. The first-order valence-electron chi connectivity index (χ1n) is 5.30. The van der Waals surface area contributed by atoms with Gasteiger partial charge in [0.25, 0.3) is 0 Å². The van der Waals surface area contributed by atoms with Crippen molar-refractivity contribution in [3.05, 3.63) is 30.1 Å². The second-order valence-corrected chi connectivity index (χ2v) is 6.04. The quantitative estimate of drug-likeness (QED) is 0.799. The highest BCUT2D eigenvalue weighted by atomic mass is 32.2. The molecule has 1 heterocycles. The van der Waals surface area contributed by atoms with Crippen LogP contribution in [0.4, 0.5) is 0 Å². The van der Waals surface area contributed by atoms with Gasteiger partial charge in [-0.05, 0) is 43.3 Å². The Balaban J connectivity index is 2.30. The fourth-order valence-corrected chi connectivity index (χ4v) is 3.51. The van der Waals surface area contributed by atoms with Crippen molar-refractivity contribution in [1.29, 1.82) is 0 Å². The summed E-state index contributed by atoms with van der Waals surface area (Å²) in [5.74, 6) is 0.762. The minimum Gasteiger partial charge on any atom is -0.208 e. The Morgan fingerprint density at radius 2 is 1.50 bits per heavy atom. The molecule has 6 heteroatoms. The number of nitrogens with zero attached hydrogens (tertiary/aromatic N) is 3. The zero-order valence-electron chi connectivity index (χ0n) is 10.4. The summed E-state index contributed by atoms with van der Waals surface area (Å²) in [6.07, 6.45) is 4.05. The summed E-state index contributed by atoms with van der Waals surface area (Å²) in [6, 6.07) is 8.28. The number of hydrogen-bond donors (Lipinski definition) is 0. The van der Waals surface area contributed by atoms with Crippen molar-refractivity contribution < 1.29 is 0 Å². The molecule has 94 valence electrons. The van der Waals surface area contributed by atoms with Gasteiger partial charge in [0.1, 0.15) is 5.82 Å². The Hall–Kier alpha value is -0.720. The van der Waals surface area contributed by atoms with Crippen LogP contribution >= 0.6 is 35.3 Å². The van der Waals surface area contributed by atoms with Crippen LogP contribution in [0.1, 0.15) is 5.82 Å². The molecule has 2 aromatic rings. The average molecular weight is 295 g/mol. The molecule has 0 saturated heterocycles. The summed E-state index contributed by atoms with van der Waals surface area (Å²) in [6.45, 7) is 1.89. The lowest BCUT2D eigenvalue weighted by atomic mass is 10.4. The molecular formula is C12H13N3S3. The Bertz CT molecular complexity index is 546. The van der Waals surface area contributed by atoms with E-state index in [9.17, 15) is 0 Å². The van der Waals surface area contributed by atoms with Crippen molar-refractivity contribution in [2.45, 2.75) is 27.0 Å². The van der Waals surface area contributed by atoms with Crippen LogP contribution in [0, 0.1) is 6.92 Å². The topological polar surface area (TPSA) is 38.7 Å². The van der Waals surface area contributed by atoms with E-state index in [1.54, 1.807) is 23.5 Å². The standard InChI is InChI=1S/C12H13N3S3/c1-8-13-11(17-3)15-12(14-8)18-10-7-5-4-6-9(10)16-2/h4-7H,1-3H3. The molecule has 0 bridgehead atoms. The van der Waals surface area contributed by atoms with Crippen LogP contribution in [0.15, 0.2) is 44.4 Å². The van der Waals surface area contributed by atoms with Crippen LogP contribution in [-0.2, 0) is 0 Å². The SMILES string of the molecule is CSc1nc(C)nc(Sc2ccccc2SC)n1. The van der Waals surface area contributed by atoms with Gasteiger partial charge in [0.15, 0.2) is 10.3 Å². The van der Waals surface area contributed by atoms with E-state index in [0.29, 0.717) is 0 Å². The minimum atomic E-state index is 0.758. The summed E-state index contributed by atoms with van der Waals surface area (Å²) in [5.41, 5.74) is 0. The van der Waals surface area contributed by atoms with Crippen LogP contribution in [0.3, 0.4) is 0 Å². The van der Waals surface area contributed by atoms with Crippen LogP contribution in [0.5, 0.6) is 0 Å². The highest BCUT2D eigenvalue weighted by molar-refractivity contribution is 8.02. The largest absolute Gasteiger partial charge is 0.208 e. The van der Waals surface area contributed by atoms with E-state index in [4.69, 9.17) is 0 Å². The van der Waals surface area contributed by atoms with Gasteiger partial charge in [0.2, 0.25) is 0 Å². The maximum absolute atomic E-state index is 4.42. The van der Waals surface area contributed by atoms with Gasteiger partial charge in [0.05, 0.1) is 0 Å². The predicted octanol–water partition coefficient (Wildman–Crippen LogP) is 3.78. The van der Waals surface area contributed by atoms with Gasteiger partial charge in [-0.2, -0.15) is 4.98 Å². The van der Waals surface area contributed by atoms with Crippen LogP contribution < -0.4 is 0 Å². The van der Waals surface area contributed by atoms with Crippen molar-refractivity contribution in [1.82, 2.24) is 15.0 Å². The smallest absolute Gasteiger partial charge is 0.196 e. The fraction of sp³-hybridized carbons (Fsp3) is 0.250. The first kappa shape index (κ1) is 13.7.